The van der Waals surface area contributed by atoms with Gasteiger partial charge in [0.25, 0.3) is 5.91 Å². The number of rotatable bonds is 5. The lowest BCUT2D eigenvalue weighted by molar-refractivity contribution is -0.135. The molecule has 0 bridgehead atoms. The Morgan fingerprint density at radius 3 is 2.21 bits per heavy atom. The lowest BCUT2D eigenvalue weighted by Crippen LogP contribution is -2.38. The molecule has 0 unspecified atom stereocenters. The van der Waals surface area contributed by atoms with Crippen molar-refractivity contribution >= 4 is 29.6 Å². The lowest BCUT2D eigenvalue weighted by atomic mass is 9.89. The Labute approximate surface area is 170 Å². The molecule has 1 aliphatic carbocycles. The molecule has 0 radical (unpaired) electrons. The monoisotopic (exact) mass is 404 g/mol. The summed E-state index contributed by atoms with van der Waals surface area (Å²) in [5.74, 6) is -1.79. The van der Waals surface area contributed by atoms with E-state index < -0.39 is 30.2 Å². The Morgan fingerprint density at radius 2 is 1.62 bits per heavy atom. The van der Waals surface area contributed by atoms with Gasteiger partial charge in [0.1, 0.15) is 5.60 Å². The summed E-state index contributed by atoms with van der Waals surface area (Å²) in [5.41, 5.74) is 0.0463. The van der Waals surface area contributed by atoms with Crippen molar-refractivity contribution in [3.05, 3.63) is 29.8 Å². The van der Waals surface area contributed by atoms with E-state index in [-0.39, 0.29) is 17.4 Å². The molecule has 3 amide bonds. The lowest BCUT2D eigenvalue weighted by Gasteiger charge is -2.20. The van der Waals surface area contributed by atoms with E-state index in [4.69, 9.17) is 9.47 Å². The molecule has 0 atom stereocenters. The van der Waals surface area contributed by atoms with E-state index in [2.05, 4.69) is 10.6 Å². The first-order valence-electron chi connectivity index (χ1n) is 9.75. The average molecular weight is 404 g/mol. The predicted molar refractivity (Wildman–Crippen MR) is 106 cm³/mol. The van der Waals surface area contributed by atoms with Crippen molar-refractivity contribution < 1.29 is 28.7 Å². The van der Waals surface area contributed by atoms with Gasteiger partial charge in [-0.3, -0.25) is 20.2 Å². The normalized spacial score (nSPS) is 14.6. The highest BCUT2D eigenvalue weighted by molar-refractivity contribution is 5.98. The Hall–Kier alpha value is -2.90. The van der Waals surface area contributed by atoms with Crippen molar-refractivity contribution in [3.63, 3.8) is 0 Å². The van der Waals surface area contributed by atoms with E-state index in [0.717, 1.165) is 32.1 Å². The molecule has 1 aromatic rings. The maximum absolute atomic E-state index is 12.1. The minimum absolute atomic E-state index is 0.145. The van der Waals surface area contributed by atoms with Crippen LogP contribution in [0.4, 0.5) is 10.5 Å². The molecular weight excluding hydrogens is 376 g/mol. The van der Waals surface area contributed by atoms with Gasteiger partial charge in [-0.05, 0) is 57.9 Å². The molecule has 1 aromatic carbocycles. The van der Waals surface area contributed by atoms with Gasteiger partial charge in [-0.25, -0.2) is 9.59 Å². The third kappa shape index (κ3) is 7.93. The van der Waals surface area contributed by atoms with Gasteiger partial charge in [0, 0.05) is 11.6 Å². The van der Waals surface area contributed by atoms with Crippen LogP contribution in [0.1, 0.15) is 63.2 Å². The summed E-state index contributed by atoms with van der Waals surface area (Å²) in [7, 11) is 0. The molecule has 0 heterocycles. The molecule has 0 saturated heterocycles. The molecule has 0 aromatic heterocycles. The Kier molecular flexibility index (Phi) is 7.75. The fourth-order valence-corrected chi connectivity index (χ4v) is 2.97. The highest BCUT2D eigenvalue weighted by atomic mass is 16.6. The number of hydrogen-bond donors (Lipinski definition) is 2. The van der Waals surface area contributed by atoms with Gasteiger partial charge in [-0.1, -0.05) is 19.3 Å². The zero-order valence-electron chi connectivity index (χ0n) is 17.1. The molecule has 0 spiro atoms. The summed E-state index contributed by atoms with van der Waals surface area (Å²) in [6.07, 6.45) is 4.04. The number of amides is 3. The summed E-state index contributed by atoms with van der Waals surface area (Å²) in [6, 6.07) is 5.96. The van der Waals surface area contributed by atoms with Crippen LogP contribution in [-0.2, 0) is 19.1 Å². The highest BCUT2D eigenvalue weighted by Crippen LogP contribution is 2.23. The molecular formula is C21H28N2O6. The predicted octanol–water partition coefficient (Wildman–Crippen LogP) is 3.41. The van der Waals surface area contributed by atoms with E-state index in [1.807, 2.05) is 0 Å². The maximum Gasteiger partial charge on any atom is 0.412 e. The van der Waals surface area contributed by atoms with Gasteiger partial charge >= 0.3 is 12.1 Å². The molecule has 8 heteroatoms. The topological polar surface area (TPSA) is 111 Å². The number of esters is 1. The first-order valence-corrected chi connectivity index (χ1v) is 9.75. The molecule has 2 rings (SSSR count). The maximum atomic E-state index is 12.1. The smallest absolute Gasteiger partial charge is 0.412 e. The minimum Gasteiger partial charge on any atom is -0.452 e. The van der Waals surface area contributed by atoms with Crippen molar-refractivity contribution in [1.29, 1.82) is 0 Å². The van der Waals surface area contributed by atoms with Gasteiger partial charge in [0.05, 0.1) is 5.56 Å². The van der Waals surface area contributed by atoms with E-state index >= 15 is 0 Å². The van der Waals surface area contributed by atoms with E-state index in [1.54, 1.807) is 20.8 Å². The molecule has 158 valence electrons. The zero-order chi connectivity index (χ0) is 21.4. The Morgan fingerprint density at radius 1 is 1.00 bits per heavy atom. The number of benzene rings is 1. The van der Waals surface area contributed by atoms with Crippen molar-refractivity contribution in [1.82, 2.24) is 5.32 Å². The molecule has 2 N–H and O–H groups in total. The fourth-order valence-electron chi connectivity index (χ4n) is 2.97. The third-order valence-corrected chi connectivity index (χ3v) is 4.34. The number of imide groups is 1. The standard InChI is InChI=1S/C21H28N2O6/c1-21(2,3)29-20(27)22-16-11-9-15(10-12-16)19(26)28-13-17(24)23-18(25)14-7-5-4-6-8-14/h9-12,14H,4-8,13H2,1-3H3,(H,22,27)(H,23,24,25). The van der Waals surface area contributed by atoms with Crippen LogP contribution in [0.2, 0.25) is 0 Å². The summed E-state index contributed by atoms with van der Waals surface area (Å²) in [6.45, 7) is 4.73. The van der Waals surface area contributed by atoms with Crippen molar-refractivity contribution in [2.24, 2.45) is 5.92 Å². The molecule has 29 heavy (non-hydrogen) atoms. The number of hydrogen-bond acceptors (Lipinski definition) is 6. The SMILES string of the molecule is CC(C)(C)OC(=O)Nc1ccc(C(=O)OCC(=O)NC(=O)C2CCCCC2)cc1. The van der Waals surface area contributed by atoms with Crippen molar-refractivity contribution in [2.75, 3.05) is 11.9 Å². The zero-order valence-corrected chi connectivity index (χ0v) is 17.1. The van der Waals surface area contributed by atoms with Gasteiger partial charge in [-0.2, -0.15) is 0 Å². The van der Waals surface area contributed by atoms with Crippen LogP contribution in [0, 0.1) is 5.92 Å². The summed E-state index contributed by atoms with van der Waals surface area (Å²) < 4.78 is 10.1. The molecule has 0 aliphatic heterocycles. The van der Waals surface area contributed by atoms with Crippen LogP contribution < -0.4 is 10.6 Å². The van der Waals surface area contributed by atoms with Crippen molar-refractivity contribution in [2.45, 2.75) is 58.5 Å². The Bertz CT molecular complexity index is 745. The summed E-state index contributed by atoms with van der Waals surface area (Å²) in [4.78, 5) is 47.7. The number of carbonyl (C=O) groups is 4. The number of anilines is 1. The second-order valence-electron chi connectivity index (χ2n) is 8.03. The van der Waals surface area contributed by atoms with Crippen LogP contribution in [0.25, 0.3) is 0 Å². The first kappa shape index (κ1) is 22.4. The van der Waals surface area contributed by atoms with Crippen LogP contribution in [0.15, 0.2) is 24.3 Å². The molecule has 1 fully saturated rings. The van der Waals surface area contributed by atoms with Crippen LogP contribution in [0.5, 0.6) is 0 Å². The second kappa shape index (κ2) is 10.0. The van der Waals surface area contributed by atoms with Crippen LogP contribution in [-0.4, -0.2) is 36.1 Å². The highest BCUT2D eigenvalue weighted by Gasteiger charge is 2.23. The summed E-state index contributed by atoms with van der Waals surface area (Å²) >= 11 is 0. The molecule has 1 aliphatic rings. The second-order valence-corrected chi connectivity index (χ2v) is 8.03. The quantitative estimate of drug-likeness (QED) is 0.728. The van der Waals surface area contributed by atoms with Gasteiger partial charge < -0.3 is 9.47 Å². The van der Waals surface area contributed by atoms with E-state index in [0.29, 0.717) is 5.69 Å². The van der Waals surface area contributed by atoms with E-state index in [1.165, 1.54) is 24.3 Å². The number of carbonyl (C=O) groups excluding carboxylic acids is 4. The van der Waals surface area contributed by atoms with Gasteiger partial charge in [0.15, 0.2) is 6.61 Å². The van der Waals surface area contributed by atoms with Gasteiger partial charge in [0.2, 0.25) is 5.91 Å². The van der Waals surface area contributed by atoms with Gasteiger partial charge in [-0.15, -0.1) is 0 Å². The van der Waals surface area contributed by atoms with Crippen molar-refractivity contribution in [3.8, 4) is 0 Å². The third-order valence-electron chi connectivity index (χ3n) is 4.34. The molecule has 8 nitrogen and oxygen atoms in total. The number of nitrogens with one attached hydrogen (secondary N) is 2. The molecule has 1 saturated carbocycles. The number of ether oxygens (including phenoxy) is 2. The minimum atomic E-state index is -0.700. The Balaban J connectivity index is 1.77. The largest absolute Gasteiger partial charge is 0.452 e. The summed E-state index contributed by atoms with van der Waals surface area (Å²) in [5, 5.41) is 4.84. The first-order chi connectivity index (χ1) is 13.6. The van der Waals surface area contributed by atoms with Crippen LogP contribution >= 0.6 is 0 Å². The average Bonchev–Trinajstić information content (AvgIpc) is 2.66. The fraction of sp³-hybridized carbons (Fsp3) is 0.524. The van der Waals surface area contributed by atoms with E-state index in [9.17, 15) is 19.2 Å². The van der Waals surface area contributed by atoms with Crippen LogP contribution in [0.3, 0.4) is 0 Å².